The van der Waals surface area contributed by atoms with Gasteiger partial charge < -0.3 is 9.47 Å². The topological polar surface area (TPSA) is 78.7 Å². The van der Waals surface area contributed by atoms with E-state index in [0.29, 0.717) is 0 Å². The first-order valence-corrected chi connectivity index (χ1v) is 4.28. The maximum absolute atomic E-state index is 10.8. The lowest BCUT2D eigenvalue weighted by Crippen LogP contribution is -2.14. The van der Waals surface area contributed by atoms with Gasteiger partial charge in [0.1, 0.15) is 7.85 Å². The second kappa shape index (κ2) is 5.15. The monoisotopic (exact) mass is 221 g/mol. The Morgan fingerprint density at radius 2 is 2.25 bits per heavy atom. The van der Waals surface area contributed by atoms with E-state index in [9.17, 15) is 14.9 Å². The highest BCUT2D eigenvalue weighted by Crippen LogP contribution is 2.24. The predicted molar refractivity (Wildman–Crippen MR) is 56.0 cm³/mol. The fourth-order valence-corrected chi connectivity index (χ4v) is 0.995. The molecule has 0 heterocycles. The predicted octanol–water partition coefficient (Wildman–Crippen LogP) is -0.0596. The first-order valence-electron chi connectivity index (χ1n) is 4.28. The van der Waals surface area contributed by atoms with Crippen LogP contribution in [-0.2, 0) is 9.53 Å². The lowest BCUT2D eigenvalue weighted by Gasteiger charge is -2.05. The summed E-state index contributed by atoms with van der Waals surface area (Å²) in [6.07, 6.45) is 0. The molecule has 0 spiro atoms. The van der Waals surface area contributed by atoms with Crippen LogP contribution in [0, 0.1) is 10.1 Å². The number of rotatable bonds is 4. The van der Waals surface area contributed by atoms with Crippen LogP contribution < -0.4 is 10.2 Å². The molecule has 0 aromatic heterocycles. The third-order valence-corrected chi connectivity index (χ3v) is 1.75. The van der Waals surface area contributed by atoms with Crippen LogP contribution in [-0.4, -0.2) is 32.5 Å². The van der Waals surface area contributed by atoms with Crippen molar-refractivity contribution in [1.29, 1.82) is 0 Å². The average Bonchev–Trinajstić information content (AvgIpc) is 2.26. The third kappa shape index (κ3) is 2.98. The number of esters is 1. The van der Waals surface area contributed by atoms with Gasteiger partial charge in [-0.3, -0.25) is 10.1 Å². The van der Waals surface area contributed by atoms with Crippen LogP contribution in [0.1, 0.15) is 0 Å². The second-order valence-corrected chi connectivity index (χ2v) is 2.85. The van der Waals surface area contributed by atoms with Crippen LogP contribution in [0.2, 0.25) is 0 Å². The minimum atomic E-state index is -0.636. The fourth-order valence-electron chi connectivity index (χ4n) is 0.995. The van der Waals surface area contributed by atoms with E-state index in [2.05, 4.69) is 4.74 Å². The molecule has 0 saturated carbocycles. The quantitative estimate of drug-likeness (QED) is 0.308. The van der Waals surface area contributed by atoms with Gasteiger partial charge in [0.2, 0.25) is 0 Å². The maximum Gasteiger partial charge on any atom is 0.343 e. The summed E-state index contributed by atoms with van der Waals surface area (Å²) < 4.78 is 9.27. The van der Waals surface area contributed by atoms with Crippen LogP contribution in [0.5, 0.6) is 5.75 Å². The first-order chi connectivity index (χ1) is 7.54. The molecule has 82 valence electrons. The zero-order valence-electron chi connectivity index (χ0n) is 8.50. The number of benzene rings is 1. The van der Waals surface area contributed by atoms with Crippen molar-refractivity contribution in [2.75, 3.05) is 13.7 Å². The molecule has 0 saturated heterocycles. The van der Waals surface area contributed by atoms with Gasteiger partial charge in [0.05, 0.1) is 12.0 Å². The van der Waals surface area contributed by atoms with E-state index >= 15 is 0 Å². The van der Waals surface area contributed by atoms with Crippen molar-refractivity contribution in [3.05, 3.63) is 28.3 Å². The molecule has 16 heavy (non-hydrogen) atoms. The number of hydrogen-bond donors (Lipinski definition) is 0. The first kappa shape index (κ1) is 12.0. The highest BCUT2D eigenvalue weighted by Gasteiger charge is 2.15. The van der Waals surface area contributed by atoms with Crippen LogP contribution in [0.4, 0.5) is 5.69 Å². The van der Waals surface area contributed by atoms with E-state index in [4.69, 9.17) is 12.6 Å². The number of nitro benzene ring substituents is 1. The van der Waals surface area contributed by atoms with E-state index in [0.717, 1.165) is 6.07 Å². The highest BCUT2D eigenvalue weighted by atomic mass is 16.6. The van der Waals surface area contributed by atoms with E-state index in [-0.39, 0.29) is 23.5 Å². The van der Waals surface area contributed by atoms with Gasteiger partial charge in [-0.2, -0.15) is 0 Å². The molecule has 0 aliphatic heterocycles. The Hall–Kier alpha value is -2.05. The largest absolute Gasteiger partial charge is 0.475 e. The number of ether oxygens (including phenoxy) is 2. The Morgan fingerprint density at radius 1 is 1.56 bits per heavy atom. The standard InChI is InChI=1S/C9H8BNO5/c1-15-9(12)5-16-8-3-2-6(10)4-7(8)11(13)14/h2-4H,5H2,1H3. The Morgan fingerprint density at radius 3 is 2.81 bits per heavy atom. The molecule has 0 unspecified atom stereocenters. The molecule has 0 N–H and O–H groups in total. The normalized spacial score (nSPS) is 9.56. The van der Waals surface area contributed by atoms with Gasteiger partial charge in [-0.1, -0.05) is 11.5 Å². The van der Waals surface area contributed by atoms with E-state index in [1.807, 2.05) is 0 Å². The molecule has 1 aromatic rings. The molecule has 2 radical (unpaired) electrons. The molecule has 0 aliphatic rings. The smallest absolute Gasteiger partial charge is 0.343 e. The lowest BCUT2D eigenvalue weighted by atomic mass is 9.96. The molecule has 0 atom stereocenters. The second-order valence-electron chi connectivity index (χ2n) is 2.85. The van der Waals surface area contributed by atoms with Crippen molar-refractivity contribution in [1.82, 2.24) is 0 Å². The van der Waals surface area contributed by atoms with Crippen LogP contribution in [0.15, 0.2) is 18.2 Å². The summed E-state index contributed by atoms with van der Waals surface area (Å²) in [6.45, 7) is -0.388. The Bertz CT molecular complexity index is 420. The van der Waals surface area contributed by atoms with Crippen molar-refractivity contribution in [2.45, 2.75) is 0 Å². The summed E-state index contributed by atoms with van der Waals surface area (Å²) in [6, 6.07) is 3.93. The molecule has 1 aromatic carbocycles. The third-order valence-electron chi connectivity index (χ3n) is 1.75. The van der Waals surface area contributed by atoms with Crippen molar-refractivity contribution >= 4 is 25.0 Å². The van der Waals surface area contributed by atoms with Gasteiger partial charge in [0.25, 0.3) is 0 Å². The van der Waals surface area contributed by atoms with Crippen LogP contribution >= 0.6 is 0 Å². The SMILES string of the molecule is [B]c1ccc(OCC(=O)OC)c([N+](=O)[O-])c1. The number of nitro groups is 1. The molecule has 0 fully saturated rings. The summed E-state index contributed by atoms with van der Waals surface area (Å²) in [5.74, 6) is -0.643. The zero-order valence-corrected chi connectivity index (χ0v) is 8.50. The lowest BCUT2D eigenvalue weighted by molar-refractivity contribution is -0.385. The van der Waals surface area contributed by atoms with Crippen molar-refractivity contribution in [3.63, 3.8) is 0 Å². The minimum Gasteiger partial charge on any atom is -0.475 e. The Labute approximate surface area is 92.7 Å². The summed E-state index contributed by atoms with van der Waals surface area (Å²) in [7, 11) is 6.59. The number of methoxy groups -OCH3 is 1. The fraction of sp³-hybridized carbons (Fsp3) is 0.222. The molecular weight excluding hydrogens is 213 g/mol. The summed E-state index contributed by atoms with van der Waals surface area (Å²) in [4.78, 5) is 20.8. The van der Waals surface area contributed by atoms with Gasteiger partial charge in [0.15, 0.2) is 12.4 Å². The van der Waals surface area contributed by atoms with Gasteiger partial charge in [-0.15, -0.1) is 0 Å². The molecule has 0 aliphatic carbocycles. The van der Waals surface area contributed by atoms with Gasteiger partial charge in [-0.25, -0.2) is 4.79 Å². The Balaban J connectivity index is 2.87. The molecule has 1 rings (SSSR count). The average molecular weight is 221 g/mol. The van der Waals surface area contributed by atoms with Crippen LogP contribution in [0.3, 0.4) is 0 Å². The van der Waals surface area contributed by atoms with Crippen molar-refractivity contribution in [2.24, 2.45) is 0 Å². The number of carbonyl (C=O) groups is 1. The van der Waals surface area contributed by atoms with Gasteiger partial charge in [0, 0.05) is 6.07 Å². The van der Waals surface area contributed by atoms with Crippen molar-refractivity contribution in [3.8, 4) is 5.75 Å². The number of carbonyl (C=O) groups excluding carboxylic acids is 1. The minimum absolute atomic E-state index is 0.0235. The summed E-state index contributed by atoms with van der Waals surface area (Å²) in [5, 5.41) is 10.6. The number of hydrogen-bond acceptors (Lipinski definition) is 5. The van der Waals surface area contributed by atoms with E-state index in [1.165, 1.54) is 19.2 Å². The summed E-state index contributed by atoms with van der Waals surface area (Å²) >= 11 is 0. The summed E-state index contributed by atoms with van der Waals surface area (Å²) in [5.41, 5.74) is -0.0407. The molecule has 6 nitrogen and oxygen atoms in total. The number of nitrogens with zero attached hydrogens (tertiary/aromatic N) is 1. The van der Waals surface area contributed by atoms with Crippen LogP contribution in [0.25, 0.3) is 0 Å². The molecule has 7 heteroatoms. The Kier molecular flexibility index (Phi) is 3.87. The molecule has 0 bridgehead atoms. The van der Waals surface area contributed by atoms with E-state index in [1.54, 1.807) is 0 Å². The zero-order chi connectivity index (χ0) is 12.1. The van der Waals surface area contributed by atoms with Gasteiger partial charge in [-0.05, 0) is 6.07 Å². The van der Waals surface area contributed by atoms with Gasteiger partial charge >= 0.3 is 11.7 Å². The molecular formula is C9H8BNO5. The highest BCUT2D eigenvalue weighted by molar-refractivity contribution is 6.32. The van der Waals surface area contributed by atoms with Crippen molar-refractivity contribution < 1.29 is 19.2 Å². The van der Waals surface area contributed by atoms with E-state index < -0.39 is 10.9 Å². The maximum atomic E-state index is 10.8. The molecule has 0 amide bonds.